The Labute approximate surface area is 233 Å². The molecule has 3 unspecified atom stereocenters. The van der Waals surface area contributed by atoms with Gasteiger partial charge in [0.25, 0.3) is 0 Å². The lowest BCUT2D eigenvalue weighted by atomic mass is 9.87. The lowest BCUT2D eigenvalue weighted by Gasteiger charge is -2.56. The number of hydrogen-bond donors (Lipinski definition) is 3. The number of terminal acetylenes is 1. The highest BCUT2D eigenvalue weighted by Crippen LogP contribution is 2.36. The van der Waals surface area contributed by atoms with Gasteiger partial charge in [0.15, 0.2) is 5.60 Å². The summed E-state index contributed by atoms with van der Waals surface area (Å²) >= 11 is 0. The van der Waals surface area contributed by atoms with Crippen LogP contribution in [-0.4, -0.2) is 70.7 Å². The van der Waals surface area contributed by atoms with E-state index >= 15 is 0 Å². The summed E-state index contributed by atoms with van der Waals surface area (Å²) in [6.45, 7) is 4.04. The number of aromatic nitrogens is 2. The van der Waals surface area contributed by atoms with E-state index in [4.69, 9.17) is 26.3 Å². The van der Waals surface area contributed by atoms with Gasteiger partial charge < -0.3 is 30.2 Å². The van der Waals surface area contributed by atoms with Gasteiger partial charge in [-0.3, -0.25) is 4.90 Å². The SMILES string of the molecule is C#CC(C)(O)COC1=CN/C(=C(/C#N)C=N)C(c2ccc(N3CC4CC(C3)N4Cc3ccc(OC)nc3)nc2)=C1. The van der Waals surface area contributed by atoms with Gasteiger partial charge in [0.05, 0.1) is 18.4 Å². The molecule has 4 aliphatic heterocycles. The molecule has 0 aliphatic carbocycles. The first-order valence-electron chi connectivity index (χ1n) is 13.0. The van der Waals surface area contributed by atoms with E-state index in [0.29, 0.717) is 35.0 Å². The smallest absolute Gasteiger partial charge is 0.212 e. The predicted molar refractivity (Wildman–Crippen MR) is 151 cm³/mol. The Morgan fingerprint density at radius 3 is 2.67 bits per heavy atom. The summed E-state index contributed by atoms with van der Waals surface area (Å²) in [5.41, 5.74) is 1.81. The molecule has 3 N–H and O–H groups in total. The number of piperazine rings is 1. The minimum Gasteiger partial charge on any atom is -0.488 e. The van der Waals surface area contributed by atoms with Gasteiger partial charge in [0.1, 0.15) is 24.3 Å². The number of fused-ring (bicyclic) bond motifs is 2. The number of hydrogen-bond acceptors (Lipinski definition) is 10. The van der Waals surface area contributed by atoms with Gasteiger partial charge >= 0.3 is 0 Å². The number of anilines is 1. The number of nitrogens with one attached hydrogen (secondary N) is 2. The molecule has 2 aromatic rings. The minimum absolute atomic E-state index is 0.101. The van der Waals surface area contributed by atoms with E-state index in [0.717, 1.165) is 37.2 Å². The van der Waals surface area contributed by atoms with Crippen molar-refractivity contribution in [1.82, 2.24) is 20.2 Å². The summed E-state index contributed by atoms with van der Waals surface area (Å²) in [7, 11) is 1.62. The van der Waals surface area contributed by atoms with Crippen LogP contribution in [-0.2, 0) is 11.3 Å². The average molecular weight is 538 g/mol. The number of piperidine rings is 1. The van der Waals surface area contributed by atoms with Crippen LogP contribution in [0.3, 0.4) is 0 Å². The quantitative estimate of drug-likeness (QED) is 0.251. The number of dihydropyridines is 1. The van der Waals surface area contributed by atoms with Crippen LogP contribution >= 0.6 is 0 Å². The summed E-state index contributed by atoms with van der Waals surface area (Å²) in [6.07, 6.45) is 14.5. The van der Waals surface area contributed by atoms with Crippen molar-refractivity contribution in [2.24, 2.45) is 0 Å². The van der Waals surface area contributed by atoms with Crippen LogP contribution in [0.2, 0.25) is 0 Å². The van der Waals surface area contributed by atoms with E-state index < -0.39 is 5.60 Å². The fourth-order valence-electron chi connectivity index (χ4n) is 5.14. The molecule has 0 radical (unpaired) electrons. The monoisotopic (exact) mass is 537 g/mol. The molecule has 40 heavy (non-hydrogen) atoms. The second-order valence-corrected chi connectivity index (χ2v) is 10.2. The second kappa shape index (κ2) is 11.2. The summed E-state index contributed by atoms with van der Waals surface area (Å²) in [5, 5.41) is 30.4. The number of nitriles is 1. The third-order valence-electron chi connectivity index (χ3n) is 7.38. The maximum Gasteiger partial charge on any atom is 0.212 e. The number of methoxy groups -OCH3 is 1. The summed E-state index contributed by atoms with van der Waals surface area (Å²) < 4.78 is 10.9. The molecular formula is C30H31N7O3. The van der Waals surface area contributed by atoms with Gasteiger partial charge in [-0.25, -0.2) is 9.97 Å². The maximum absolute atomic E-state index is 10.1. The van der Waals surface area contributed by atoms with Crippen molar-refractivity contribution in [2.45, 2.75) is 37.6 Å². The zero-order valence-corrected chi connectivity index (χ0v) is 22.5. The normalized spacial score (nSPS) is 22.7. The molecule has 6 heterocycles. The fraction of sp³-hybridized carbons (Fsp3) is 0.333. The van der Waals surface area contributed by atoms with E-state index in [-0.39, 0.29) is 12.2 Å². The molecule has 10 nitrogen and oxygen atoms in total. The van der Waals surface area contributed by atoms with Crippen molar-refractivity contribution in [1.29, 1.82) is 10.7 Å². The molecule has 2 aromatic heterocycles. The minimum atomic E-state index is -1.42. The molecule has 0 aromatic carbocycles. The van der Waals surface area contributed by atoms with E-state index in [1.807, 2.05) is 24.4 Å². The molecule has 0 saturated carbocycles. The number of rotatable bonds is 9. The standard InChI is InChI=1S/C30H31N7O3/c1-4-30(2,38)19-40-25-10-26(29(35-15-25)22(11-31)12-32)21-6-7-27(33-14-21)36-17-23-9-24(18-36)37(23)16-20-5-8-28(39-3)34-13-20/h1,5-8,10-11,13-15,23-24,31,35,38H,9,16-19H2,2-3H3/b29-22+,31-11?. The molecule has 2 bridgehead atoms. The van der Waals surface area contributed by atoms with E-state index in [1.165, 1.54) is 18.9 Å². The average Bonchev–Trinajstić information content (AvgIpc) is 3.00. The fourth-order valence-corrected chi connectivity index (χ4v) is 5.14. The third kappa shape index (κ3) is 5.55. The third-order valence-corrected chi connectivity index (χ3v) is 7.38. The van der Waals surface area contributed by atoms with Gasteiger partial charge in [-0.2, -0.15) is 5.26 Å². The van der Waals surface area contributed by atoms with Crippen molar-refractivity contribution in [3.63, 3.8) is 0 Å². The lowest BCUT2D eigenvalue weighted by molar-refractivity contribution is -0.00877. The predicted octanol–water partition coefficient (Wildman–Crippen LogP) is 2.60. The van der Waals surface area contributed by atoms with E-state index in [2.05, 4.69) is 38.2 Å². The number of allylic oxidation sites excluding steroid dienone is 3. The Balaban J connectivity index is 1.29. The highest BCUT2D eigenvalue weighted by molar-refractivity contribution is 5.92. The van der Waals surface area contributed by atoms with Gasteiger partial charge in [-0.1, -0.05) is 12.0 Å². The lowest BCUT2D eigenvalue weighted by Crippen LogP contribution is -2.68. The molecular weight excluding hydrogens is 506 g/mol. The van der Waals surface area contributed by atoms with Crippen LogP contribution in [0.4, 0.5) is 5.82 Å². The number of pyridine rings is 2. The van der Waals surface area contributed by atoms with Crippen molar-refractivity contribution < 1.29 is 14.6 Å². The van der Waals surface area contributed by atoms with Crippen molar-refractivity contribution >= 4 is 17.6 Å². The maximum atomic E-state index is 10.1. The molecule has 3 fully saturated rings. The topological polar surface area (TPSA) is 131 Å². The molecule has 3 saturated heterocycles. The number of ether oxygens (including phenoxy) is 2. The molecule has 204 valence electrons. The van der Waals surface area contributed by atoms with Crippen molar-refractivity contribution in [3.05, 3.63) is 77.1 Å². The van der Waals surface area contributed by atoms with Gasteiger partial charge in [0, 0.05) is 73.7 Å². The van der Waals surface area contributed by atoms with Crippen LogP contribution in [0.15, 0.2) is 66.0 Å². The molecule has 4 aliphatic rings. The first-order chi connectivity index (χ1) is 19.3. The second-order valence-electron chi connectivity index (χ2n) is 10.2. The zero-order valence-electron chi connectivity index (χ0n) is 22.5. The van der Waals surface area contributed by atoms with Crippen LogP contribution < -0.4 is 15.0 Å². The van der Waals surface area contributed by atoms with Crippen LogP contribution in [0, 0.1) is 29.1 Å². The van der Waals surface area contributed by atoms with E-state index in [1.54, 1.807) is 25.6 Å². The van der Waals surface area contributed by atoms with Gasteiger partial charge in [-0.05, 0) is 37.1 Å². The first-order valence-corrected chi connectivity index (χ1v) is 13.0. The Morgan fingerprint density at radius 2 is 2.08 bits per heavy atom. The number of nitrogens with zero attached hydrogens (tertiary/aromatic N) is 5. The molecule has 10 heteroatoms. The Kier molecular flexibility index (Phi) is 7.56. The molecule has 3 atom stereocenters. The van der Waals surface area contributed by atoms with Crippen molar-refractivity contribution in [3.8, 4) is 24.3 Å². The Morgan fingerprint density at radius 1 is 1.27 bits per heavy atom. The van der Waals surface area contributed by atoms with Gasteiger partial charge in [0.2, 0.25) is 5.88 Å². The van der Waals surface area contributed by atoms with Crippen LogP contribution in [0.1, 0.15) is 24.5 Å². The number of aliphatic hydroxyl groups is 1. The Hall–Kier alpha value is -4.64. The van der Waals surface area contributed by atoms with Crippen LogP contribution in [0.25, 0.3) is 5.57 Å². The molecule has 6 rings (SSSR count). The zero-order chi connectivity index (χ0) is 28.3. The largest absolute Gasteiger partial charge is 0.488 e. The Bertz CT molecular complexity index is 1430. The van der Waals surface area contributed by atoms with Crippen LogP contribution in [0.5, 0.6) is 5.88 Å². The molecule has 0 amide bonds. The first kappa shape index (κ1) is 26.9. The highest BCUT2D eigenvalue weighted by Gasteiger charge is 2.44. The van der Waals surface area contributed by atoms with Gasteiger partial charge in [-0.15, -0.1) is 6.42 Å². The van der Waals surface area contributed by atoms with E-state index in [9.17, 15) is 10.4 Å². The summed E-state index contributed by atoms with van der Waals surface area (Å²) in [6, 6.07) is 10.9. The highest BCUT2D eigenvalue weighted by atomic mass is 16.5. The van der Waals surface area contributed by atoms with Crippen molar-refractivity contribution in [2.75, 3.05) is 31.7 Å². The summed E-state index contributed by atoms with van der Waals surface area (Å²) in [5.74, 6) is 4.23. The summed E-state index contributed by atoms with van der Waals surface area (Å²) in [4.78, 5) is 13.9. The molecule has 0 spiro atoms.